The molecule has 0 radical (unpaired) electrons. The van der Waals surface area contributed by atoms with Gasteiger partial charge in [0.15, 0.2) is 0 Å². The summed E-state index contributed by atoms with van der Waals surface area (Å²) < 4.78 is 5.11. The van der Waals surface area contributed by atoms with Gasteiger partial charge in [-0.15, -0.1) is 0 Å². The molecule has 0 bridgehead atoms. The molecule has 2 rings (SSSR count). The SMILES string of the molecule is COc1ccc(Sc2ccc(C(C)O)nc2)cc1. The second-order valence-corrected chi connectivity index (χ2v) is 5.02. The van der Waals surface area contributed by atoms with E-state index in [1.165, 1.54) is 0 Å². The Kier molecular flexibility index (Phi) is 4.23. The van der Waals surface area contributed by atoms with Gasteiger partial charge in [-0.3, -0.25) is 4.98 Å². The number of methoxy groups -OCH3 is 1. The summed E-state index contributed by atoms with van der Waals surface area (Å²) >= 11 is 1.63. The van der Waals surface area contributed by atoms with Gasteiger partial charge in [-0.2, -0.15) is 0 Å². The van der Waals surface area contributed by atoms with Crippen molar-refractivity contribution in [3.8, 4) is 5.75 Å². The molecular weight excluding hydrogens is 246 g/mol. The van der Waals surface area contributed by atoms with Crippen LogP contribution in [0.25, 0.3) is 0 Å². The molecule has 0 saturated carbocycles. The standard InChI is InChI=1S/C14H15NO2S/c1-10(16)14-8-7-13(9-15-14)18-12-5-3-11(17-2)4-6-12/h3-10,16H,1-2H3. The van der Waals surface area contributed by atoms with Gasteiger partial charge < -0.3 is 9.84 Å². The third-order valence-corrected chi connectivity index (χ3v) is 3.47. The van der Waals surface area contributed by atoms with Gasteiger partial charge in [0, 0.05) is 16.0 Å². The van der Waals surface area contributed by atoms with Crippen LogP contribution in [-0.2, 0) is 0 Å². The Balaban J connectivity index is 2.08. The van der Waals surface area contributed by atoms with Gasteiger partial charge in [0.25, 0.3) is 0 Å². The van der Waals surface area contributed by atoms with Crippen molar-refractivity contribution < 1.29 is 9.84 Å². The highest BCUT2D eigenvalue weighted by Gasteiger charge is 2.03. The molecule has 1 aromatic carbocycles. The first-order chi connectivity index (χ1) is 8.69. The van der Waals surface area contributed by atoms with Gasteiger partial charge in [-0.25, -0.2) is 0 Å². The molecule has 2 aromatic rings. The summed E-state index contributed by atoms with van der Waals surface area (Å²) in [5.74, 6) is 0.849. The summed E-state index contributed by atoms with van der Waals surface area (Å²) in [5, 5.41) is 9.38. The largest absolute Gasteiger partial charge is 0.497 e. The Bertz CT molecular complexity index is 494. The Hall–Kier alpha value is -1.52. The van der Waals surface area contributed by atoms with Gasteiger partial charge in [-0.1, -0.05) is 11.8 Å². The lowest BCUT2D eigenvalue weighted by Crippen LogP contribution is -1.94. The number of aliphatic hydroxyl groups excluding tert-OH is 1. The normalized spacial score (nSPS) is 12.2. The minimum Gasteiger partial charge on any atom is -0.497 e. The monoisotopic (exact) mass is 261 g/mol. The molecule has 0 aliphatic carbocycles. The highest BCUT2D eigenvalue weighted by molar-refractivity contribution is 7.99. The molecule has 0 aliphatic heterocycles. The smallest absolute Gasteiger partial charge is 0.118 e. The van der Waals surface area contributed by atoms with Crippen LogP contribution in [0.5, 0.6) is 5.75 Å². The molecular formula is C14H15NO2S. The number of aromatic nitrogens is 1. The highest BCUT2D eigenvalue weighted by atomic mass is 32.2. The number of nitrogens with zero attached hydrogens (tertiary/aromatic N) is 1. The predicted molar refractivity (Wildman–Crippen MR) is 72.0 cm³/mol. The van der Waals surface area contributed by atoms with Gasteiger partial charge >= 0.3 is 0 Å². The molecule has 18 heavy (non-hydrogen) atoms. The van der Waals surface area contributed by atoms with E-state index in [0.29, 0.717) is 5.69 Å². The fraction of sp³-hybridized carbons (Fsp3) is 0.214. The van der Waals surface area contributed by atoms with Crippen molar-refractivity contribution in [2.45, 2.75) is 22.8 Å². The molecule has 94 valence electrons. The molecule has 4 heteroatoms. The zero-order valence-electron chi connectivity index (χ0n) is 10.3. The summed E-state index contributed by atoms with van der Waals surface area (Å²) in [5.41, 5.74) is 0.689. The Morgan fingerprint density at radius 2 is 1.78 bits per heavy atom. The summed E-state index contributed by atoms with van der Waals surface area (Å²) in [7, 11) is 1.65. The highest BCUT2D eigenvalue weighted by Crippen LogP contribution is 2.28. The van der Waals surface area contributed by atoms with Crippen LogP contribution in [0.4, 0.5) is 0 Å². The van der Waals surface area contributed by atoms with Crippen LogP contribution in [0.2, 0.25) is 0 Å². The summed E-state index contributed by atoms with van der Waals surface area (Å²) in [4.78, 5) is 6.39. The maximum absolute atomic E-state index is 9.38. The van der Waals surface area contributed by atoms with Crippen LogP contribution in [0.3, 0.4) is 0 Å². The summed E-state index contributed by atoms with van der Waals surface area (Å²) in [6, 6.07) is 11.7. The van der Waals surface area contributed by atoms with Crippen LogP contribution in [-0.4, -0.2) is 17.2 Å². The molecule has 1 atom stereocenters. The topological polar surface area (TPSA) is 42.4 Å². The van der Waals surface area contributed by atoms with Crippen molar-refractivity contribution >= 4 is 11.8 Å². The van der Waals surface area contributed by atoms with Crippen molar-refractivity contribution in [3.05, 3.63) is 48.3 Å². The molecule has 1 aromatic heterocycles. The summed E-state index contributed by atoms with van der Waals surface area (Å²) in [6.07, 6.45) is 1.25. The van der Waals surface area contributed by atoms with Crippen LogP contribution >= 0.6 is 11.8 Å². The zero-order valence-corrected chi connectivity index (χ0v) is 11.1. The van der Waals surface area contributed by atoms with Crippen LogP contribution in [0.15, 0.2) is 52.4 Å². The minimum atomic E-state index is -0.523. The van der Waals surface area contributed by atoms with E-state index in [1.54, 1.807) is 32.0 Å². The second-order valence-electron chi connectivity index (χ2n) is 3.87. The number of hydrogen-bond donors (Lipinski definition) is 1. The quantitative estimate of drug-likeness (QED) is 0.917. The lowest BCUT2D eigenvalue weighted by Gasteiger charge is -2.06. The maximum Gasteiger partial charge on any atom is 0.118 e. The maximum atomic E-state index is 9.38. The average Bonchev–Trinajstić information content (AvgIpc) is 2.40. The Morgan fingerprint density at radius 1 is 1.11 bits per heavy atom. The third kappa shape index (κ3) is 3.24. The van der Waals surface area contributed by atoms with Crippen molar-refractivity contribution in [3.63, 3.8) is 0 Å². The number of ether oxygens (including phenoxy) is 1. The van der Waals surface area contributed by atoms with Gasteiger partial charge in [0.2, 0.25) is 0 Å². The van der Waals surface area contributed by atoms with E-state index in [2.05, 4.69) is 4.98 Å². The Morgan fingerprint density at radius 3 is 2.28 bits per heavy atom. The molecule has 0 spiro atoms. The molecule has 1 unspecified atom stereocenters. The number of pyridine rings is 1. The molecule has 3 nitrogen and oxygen atoms in total. The van der Waals surface area contributed by atoms with E-state index in [0.717, 1.165) is 15.5 Å². The zero-order chi connectivity index (χ0) is 13.0. The lowest BCUT2D eigenvalue weighted by molar-refractivity contribution is 0.194. The molecule has 0 saturated heterocycles. The summed E-state index contributed by atoms with van der Waals surface area (Å²) in [6.45, 7) is 1.71. The number of benzene rings is 1. The van der Waals surface area contributed by atoms with E-state index >= 15 is 0 Å². The van der Waals surface area contributed by atoms with Crippen molar-refractivity contribution in [1.29, 1.82) is 0 Å². The second kappa shape index (κ2) is 5.89. The van der Waals surface area contributed by atoms with E-state index in [4.69, 9.17) is 4.74 Å². The Labute approximate surface area is 111 Å². The first kappa shape index (κ1) is 12.9. The molecule has 0 amide bonds. The van der Waals surface area contributed by atoms with E-state index in [9.17, 15) is 5.11 Å². The lowest BCUT2D eigenvalue weighted by atomic mass is 10.2. The van der Waals surface area contributed by atoms with Crippen molar-refractivity contribution in [2.75, 3.05) is 7.11 Å². The number of hydrogen-bond acceptors (Lipinski definition) is 4. The average molecular weight is 261 g/mol. The molecule has 1 heterocycles. The van der Waals surface area contributed by atoms with Crippen molar-refractivity contribution in [1.82, 2.24) is 4.98 Å². The fourth-order valence-corrected chi connectivity index (χ4v) is 2.26. The first-order valence-electron chi connectivity index (χ1n) is 5.65. The van der Waals surface area contributed by atoms with E-state index in [-0.39, 0.29) is 0 Å². The molecule has 0 aliphatic rings. The predicted octanol–water partition coefficient (Wildman–Crippen LogP) is 3.29. The number of rotatable bonds is 4. The van der Waals surface area contributed by atoms with E-state index < -0.39 is 6.10 Å². The van der Waals surface area contributed by atoms with Gasteiger partial charge in [0.05, 0.1) is 18.9 Å². The minimum absolute atomic E-state index is 0.523. The van der Waals surface area contributed by atoms with Crippen molar-refractivity contribution in [2.24, 2.45) is 0 Å². The van der Waals surface area contributed by atoms with Crippen LogP contribution < -0.4 is 4.74 Å². The molecule has 1 N–H and O–H groups in total. The number of aliphatic hydroxyl groups is 1. The van der Waals surface area contributed by atoms with E-state index in [1.807, 2.05) is 36.4 Å². The van der Waals surface area contributed by atoms with Gasteiger partial charge in [0.1, 0.15) is 5.75 Å². The van der Waals surface area contributed by atoms with Crippen LogP contribution in [0.1, 0.15) is 18.7 Å². The first-order valence-corrected chi connectivity index (χ1v) is 6.46. The van der Waals surface area contributed by atoms with Gasteiger partial charge in [-0.05, 0) is 43.3 Å². The molecule has 0 fully saturated rings. The van der Waals surface area contributed by atoms with Crippen LogP contribution in [0, 0.1) is 0 Å². The fourth-order valence-electron chi connectivity index (χ4n) is 1.48. The third-order valence-electron chi connectivity index (χ3n) is 2.48.